The largest absolute Gasteiger partial charge is 0.309 e. The quantitative estimate of drug-likeness (QED) is 0.0678. The molecule has 0 saturated heterocycles. The average molecular weight is 619 g/mol. The summed E-state index contributed by atoms with van der Waals surface area (Å²) in [6, 6.07) is 0. The van der Waals surface area contributed by atoms with Gasteiger partial charge in [0, 0.05) is 0 Å². The molecule has 260 valence electrons. The van der Waals surface area contributed by atoms with Crippen molar-refractivity contribution >= 4 is 12.4 Å². The predicted octanol–water partition coefficient (Wildman–Crippen LogP) is 15.5. The minimum absolute atomic E-state index is 0. The minimum Gasteiger partial charge on any atom is -0.309 e. The normalized spacial score (nSPS) is 10.6. The highest BCUT2D eigenvalue weighted by atomic mass is 35.5. The summed E-state index contributed by atoms with van der Waals surface area (Å²) in [6.45, 7) is 12.1. The highest BCUT2D eigenvalue weighted by Crippen LogP contribution is 2.15. The summed E-state index contributed by atoms with van der Waals surface area (Å²) < 4.78 is 0. The minimum atomic E-state index is 0. The van der Waals surface area contributed by atoms with Crippen LogP contribution in [0.5, 0.6) is 0 Å². The molecule has 0 N–H and O–H groups in total. The second-order valence-electron chi connectivity index (χ2n) is 13.1. The predicted molar refractivity (Wildman–Crippen MR) is 202 cm³/mol. The second-order valence-corrected chi connectivity index (χ2v) is 13.1. The van der Waals surface area contributed by atoms with Crippen LogP contribution in [-0.2, 0) is 0 Å². The third-order valence-electron chi connectivity index (χ3n) is 8.42. The van der Waals surface area contributed by atoms with Gasteiger partial charge in [0.25, 0.3) is 0 Å². The molecule has 0 radical (unpaired) electrons. The van der Waals surface area contributed by atoms with Crippen LogP contribution in [0, 0.1) is 0 Å². The molecular formula is C40H88ClN. The Labute approximate surface area is 277 Å². The molecule has 0 spiro atoms. The number of nitrogens with zero attached hydrogens (tertiary/aromatic N) is 1. The highest BCUT2D eigenvalue weighted by Gasteiger charge is 1.96. The topological polar surface area (TPSA) is 3.24 Å². The average Bonchev–Trinajstić information content (AvgIpc) is 2.98. The van der Waals surface area contributed by atoms with Gasteiger partial charge in [-0.25, -0.2) is 0 Å². The molecule has 0 aliphatic rings. The van der Waals surface area contributed by atoms with Crippen LogP contribution in [0.2, 0.25) is 0 Å². The van der Waals surface area contributed by atoms with Crippen LogP contribution >= 0.6 is 12.4 Å². The smallest absolute Gasteiger partial charge is 0.00248 e. The van der Waals surface area contributed by atoms with Gasteiger partial charge in [0.15, 0.2) is 0 Å². The summed E-state index contributed by atoms with van der Waals surface area (Å²) in [6.07, 6.45) is 46.7. The van der Waals surface area contributed by atoms with Crippen LogP contribution in [0.4, 0.5) is 0 Å². The van der Waals surface area contributed by atoms with Gasteiger partial charge in [-0.3, -0.25) is 0 Å². The first-order chi connectivity index (χ1) is 20.2. The molecule has 1 nitrogen and oxygen atoms in total. The molecule has 0 rings (SSSR count). The monoisotopic (exact) mass is 618 g/mol. The van der Waals surface area contributed by atoms with Crippen molar-refractivity contribution in [3.05, 3.63) is 0 Å². The van der Waals surface area contributed by atoms with E-state index in [9.17, 15) is 0 Å². The van der Waals surface area contributed by atoms with Crippen molar-refractivity contribution in [2.45, 2.75) is 240 Å². The summed E-state index contributed by atoms with van der Waals surface area (Å²) in [7, 11) is 4.34. The van der Waals surface area contributed by atoms with Crippen molar-refractivity contribution in [2.75, 3.05) is 20.6 Å². The van der Waals surface area contributed by atoms with Gasteiger partial charge in [-0.15, -0.1) is 12.4 Å². The van der Waals surface area contributed by atoms with Gasteiger partial charge >= 0.3 is 0 Å². The Morgan fingerprint density at radius 1 is 0.262 bits per heavy atom. The van der Waals surface area contributed by atoms with Crippen LogP contribution in [0.3, 0.4) is 0 Å². The fourth-order valence-corrected chi connectivity index (χ4v) is 5.60. The van der Waals surface area contributed by atoms with E-state index in [1.807, 2.05) is 13.8 Å². The van der Waals surface area contributed by atoms with Gasteiger partial charge < -0.3 is 4.90 Å². The Hall–Kier alpha value is 0.250. The summed E-state index contributed by atoms with van der Waals surface area (Å²) in [5.41, 5.74) is 0. The molecule has 0 heterocycles. The zero-order valence-corrected chi connectivity index (χ0v) is 32.0. The van der Waals surface area contributed by atoms with E-state index in [4.69, 9.17) is 0 Å². The second kappa shape index (κ2) is 50.9. The molecule has 2 heteroatoms. The Kier molecular flexibility index (Phi) is 59.5. The Balaban J connectivity index is -0.000000320. The number of unbranched alkanes of at least 4 members (excludes halogenated alkanes) is 30. The zero-order chi connectivity index (χ0) is 30.9. The van der Waals surface area contributed by atoms with Crippen LogP contribution in [-0.4, -0.2) is 25.5 Å². The fraction of sp³-hybridized carbons (Fsp3) is 1.00. The first-order valence-corrected chi connectivity index (χ1v) is 19.8. The highest BCUT2D eigenvalue weighted by molar-refractivity contribution is 5.85. The molecule has 0 aliphatic heterocycles. The van der Waals surface area contributed by atoms with Crippen LogP contribution in [0.1, 0.15) is 240 Å². The molecule has 0 aromatic heterocycles. The van der Waals surface area contributed by atoms with Crippen molar-refractivity contribution in [1.29, 1.82) is 0 Å². The van der Waals surface area contributed by atoms with E-state index in [2.05, 4.69) is 39.8 Å². The standard InChI is InChI=1S/C20H43N.C18H38.C2H6.ClH/c1-4-5-6-7-8-9-10-11-12-13-14-15-16-17-18-19-20-21(2)3;1-3-5-7-9-11-13-15-17-18-16-14-12-10-8-6-4-2;1-2;/h4-20H2,1-3H3;3-18H2,1-2H3;1-2H3;1H. The van der Waals surface area contributed by atoms with E-state index in [0.29, 0.717) is 0 Å². The number of hydrogen-bond donors (Lipinski definition) is 0. The van der Waals surface area contributed by atoms with Crippen LogP contribution in [0.25, 0.3) is 0 Å². The first kappa shape index (κ1) is 49.1. The van der Waals surface area contributed by atoms with E-state index >= 15 is 0 Å². The third kappa shape index (κ3) is 56.1. The molecule has 0 aromatic rings. The van der Waals surface area contributed by atoms with E-state index in [0.717, 1.165) is 0 Å². The van der Waals surface area contributed by atoms with E-state index < -0.39 is 0 Å². The lowest BCUT2D eigenvalue weighted by Gasteiger charge is -2.08. The van der Waals surface area contributed by atoms with E-state index in [-0.39, 0.29) is 12.4 Å². The van der Waals surface area contributed by atoms with Gasteiger partial charge in [-0.05, 0) is 27.1 Å². The van der Waals surface area contributed by atoms with Crippen LogP contribution < -0.4 is 0 Å². The molecule has 0 atom stereocenters. The van der Waals surface area contributed by atoms with Gasteiger partial charge in [-0.1, -0.05) is 234 Å². The molecule has 0 bridgehead atoms. The van der Waals surface area contributed by atoms with E-state index in [1.54, 1.807) is 0 Å². The van der Waals surface area contributed by atoms with Crippen LogP contribution in [0.15, 0.2) is 0 Å². The van der Waals surface area contributed by atoms with E-state index in [1.165, 1.54) is 212 Å². The maximum atomic E-state index is 2.30. The summed E-state index contributed by atoms with van der Waals surface area (Å²) in [5.74, 6) is 0. The molecule has 0 aliphatic carbocycles. The molecule has 0 aromatic carbocycles. The maximum Gasteiger partial charge on any atom is -0.00248 e. The fourth-order valence-electron chi connectivity index (χ4n) is 5.60. The lowest BCUT2D eigenvalue weighted by molar-refractivity contribution is 0.389. The Morgan fingerprint density at radius 3 is 0.548 bits per heavy atom. The summed E-state index contributed by atoms with van der Waals surface area (Å²) in [5, 5.41) is 0. The van der Waals surface area contributed by atoms with Crippen molar-refractivity contribution < 1.29 is 0 Å². The van der Waals surface area contributed by atoms with Crippen molar-refractivity contribution in [1.82, 2.24) is 4.90 Å². The van der Waals surface area contributed by atoms with Crippen molar-refractivity contribution in [3.63, 3.8) is 0 Å². The molecule has 42 heavy (non-hydrogen) atoms. The SMILES string of the molecule is CC.CCCCCCCCCCCCCCCCCC.CCCCCCCCCCCCCCCCCCN(C)C.Cl. The van der Waals surface area contributed by atoms with Crippen molar-refractivity contribution in [3.8, 4) is 0 Å². The maximum absolute atomic E-state index is 2.30. The molecule has 0 fully saturated rings. The third-order valence-corrected chi connectivity index (χ3v) is 8.42. The number of rotatable bonds is 32. The lowest BCUT2D eigenvalue weighted by atomic mass is 10.0. The lowest BCUT2D eigenvalue weighted by Crippen LogP contribution is -2.12. The first-order valence-electron chi connectivity index (χ1n) is 19.8. The van der Waals surface area contributed by atoms with Gasteiger partial charge in [-0.2, -0.15) is 0 Å². The van der Waals surface area contributed by atoms with Crippen molar-refractivity contribution in [2.24, 2.45) is 0 Å². The number of halogens is 1. The Bertz CT molecular complexity index is 368. The van der Waals surface area contributed by atoms with Gasteiger partial charge in [0.1, 0.15) is 0 Å². The van der Waals surface area contributed by atoms with Gasteiger partial charge in [0.2, 0.25) is 0 Å². The molecule has 0 amide bonds. The zero-order valence-electron chi connectivity index (χ0n) is 31.2. The summed E-state index contributed by atoms with van der Waals surface area (Å²) >= 11 is 0. The molecule has 0 saturated carbocycles. The number of hydrogen-bond acceptors (Lipinski definition) is 1. The van der Waals surface area contributed by atoms with Gasteiger partial charge in [0.05, 0.1) is 0 Å². The Morgan fingerprint density at radius 2 is 0.405 bits per heavy atom. The molecular weight excluding hydrogens is 530 g/mol. The summed E-state index contributed by atoms with van der Waals surface area (Å²) in [4.78, 5) is 2.30. The molecule has 0 unspecified atom stereocenters.